The molecule has 0 aromatic carbocycles. The maximum atomic E-state index is 5.81. The number of hydrogen-bond donors (Lipinski definition) is 1. The summed E-state index contributed by atoms with van der Waals surface area (Å²) >= 11 is 0. The van der Waals surface area contributed by atoms with Gasteiger partial charge in [-0.05, 0) is 43.7 Å². The molecule has 0 radical (unpaired) electrons. The van der Waals surface area contributed by atoms with Crippen LogP contribution in [0, 0.1) is 0 Å². The molecule has 2 aromatic rings. The summed E-state index contributed by atoms with van der Waals surface area (Å²) in [7, 11) is 0. The van der Waals surface area contributed by atoms with E-state index in [9.17, 15) is 0 Å². The van der Waals surface area contributed by atoms with Crippen LogP contribution < -0.4 is 10.6 Å². The molecule has 0 fully saturated rings. The van der Waals surface area contributed by atoms with E-state index >= 15 is 0 Å². The number of anilines is 1. The summed E-state index contributed by atoms with van der Waals surface area (Å²) in [6.45, 7) is 5.87. The Morgan fingerprint density at radius 1 is 1.21 bits per heavy atom. The van der Waals surface area contributed by atoms with Crippen molar-refractivity contribution in [1.29, 1.82) is 0 Å². The maximum Gasteiger partial charge on any atom is 0.0569 e. The van der Waals surface area contributed by atoms with Gasteiger partial charge in [0.15, 0.2) is 0 Å². The van der Waals surface area contributed by atoms with Crippen LogP contribution in [0.1, 0.15) is 31.1 Å². The van der Waals surface area contributed by atoms with Gasteiger partial charge in [0.25, 0.3) is 0 Å². The minimum atomic E-state index is -0.0238. The number of nitrogens with zero attached hydrogens (tertiary/aromatic N) is 3. The lowest BCUT2D eigenvalue weighted by atomic mass is 10.2. The van der Waals surface area contributed by atoms with Gasteiger partial charge in [-0.3, -0.25) is 9.97 Å². The Labute approximate surface area is 114 Å². The third-order valence-electron chi connectivity index (χ3n) is 3.11. The zero-order valence-electron chi connectivity index (χ0n) is 11.5. The van der Waals surface area contributed by atoms with Crippen molar-refractivity contribution in [3.05, 3.63) is 54.1 Å². The van der Waals surface area contributed by atoms with Crippen molar-refractivity contribution in [2.45, 2.75) is 26.4 Å². The highest BCUT2D eigenvalue weighted by Gasteiger charge is 2.07. The third-order valence-corrected chi connectivity index (χ3v) is 3.11. The lowest BCUT2D eigenvalue weighted by Crippen LogP contribution is -2.22. The lowest BCUT2D eigenvalue weighted by molar-refractivity contribution is 0.774. The fraction of sp³-hybridized carbons (Fsp3) is 0.333. The average molecular weight is 256 g/mol. The number of pyridine rings is 2. The fourth-order valence-corrected chi connectivity index (χ4v) is 1.95. The molecule has 0 unspecified atom stereocenters. The van der Waals surface area contributed by atoms with Gasteiger partial charge in [-0.15, -0.1) is 0 Å². The molecular formula is C15H20N4. The zero-order chi connectivity index (χ0) is 13.7. The summed E-state index contributed by atoms with van der Waals surface area (Å²) in [4.78, 5) is 10.7. The Kier molecular flexibility index (Phi) is 4.47. The topological polar surface area (TPSA) is 55.0 Å². The molecule has 19 heavy (non-hydrogen) atoms. The van der Waals surface area contributed by atoms with E-state index in [4.69, 9.17) is 5.73 Å². The number of aromatic nitrogens is 2. The first kappa shape index (κ1) is 13.5. The molecule has 0 bridgehead atoms. The van der Waals surface area contributed by atoms with Crippen LogP contribution in [0.2, 0.25) is 0 Å². The van der Waals surface area contributed by atoms with Gasteiger partial charge >= 0.3 is 0 Å². The highest BCUT2D eigenvalue weighted by Crippen LogP contribution is 2.17. The summed E-state index contributed by atoms with van der Waals surface area (Å²) in [6.07, 6.45) is 5.53. The fourth-order valence-electron chi connectivity index (χ4n) is 1.95. The number of hydrogen-bond acceptors (Lipinski definition) is 4. The molecule has 0 aliphatic carbocycles. The molecule has 0 saturated carbocycles. The van der Waals surface area contributed by atoms with Gasteiger partial charge in [0, 0.05) is 31.5 Å². The van der Waals surface area contributed by atoms with E-state index in [-0.39, 0.29) is 6.04 Å². The molecule has 2 heterocycles. The molecule has 2 aromatic heterocycles. The van der Waals surface area contributed by atoms with Crippen molar-refractivity contribution in [2.24, 2.45) is 5.73 Å². The standard InChI is InChI=1S/C15H20N4/c1-3-19(11-13-6-8-17-9-7-13)14-4-5-15(12(2)16)18-10-14/h4-10,12H,3,11,16H2,1-2H3/t12-/m1/s1. The number of rotatable bonds is 5. The first-order chi connectivity index (χ1) is 9.20. The highest BCUT2D eigenvalue weighted by atomic mass is 15.1. The van der Waals surface area contributed by atoms with Gasteiger partial charge in [-0.2, -0.15) is 0 Å². The molecule has 0 aliphatic rings. The normalized spacial score (nSPS) is 12.2. The second-order valence-corrected chi connectivity index (χ2v) is 4.60. The van der Waals surface area contributed by atoms with Crippen molar-refractivity contribution in [1.82, 2.24) is 9.97 Å². The van der Waals surface area contributed by atoms with Crippen LogP contribution in [0.3, 0.4) is 0 Å². The van der Waals surface area contributed by atoms with Crippen LogP contribution in [0.15, 0.2) is 42.9 Å². The van der Waals surface area contributed by atoms with Gasteiger partial charge in [0.05, 0.1) is 17.6 Å². The average Bonchev–Trinajstić information content (AvgIpc) is 2.46. The monoisotopic (exact) mass is 256 g/mol. The molecule has 0 amide bonds. The van der Waals surface area contributed by atoms with E-state index in [1.54, 1.807) is 0 Å². The summed E-state index contributed by atoms with van der Waals surface area (Å²) < 4.78 is 0. The van der Waals surface area contributed by atoms with Crippen molar-refractivity contribution >= 4 is 5.69 Å². The Morgan fingerprint density at radius 2 is 1.95 bits per heavy atom. The van der Waals surface area contributed by atoms with Crippen LogP contribution in [-0.2, 0) is 6.54 Å². The summed E-state index contributed by atoms with van der Waals surface area (Å²) in [6, 6.07) is 8.12. The van der Waals surface area contributed by atoms with Crippen LogP contribution in [-0.4, -0.2) is 16.5 Å². The quantitative estimate of drug-likeness (QED) is 0.893. The summed E-state index contributed by atoms with van der Waals surface area (Å²) in [5, 5.41) is 0. The highest BCUT2D eigenvalue weighted by molar-refractivity contribution is 5.45. The second-order valence-electron chi connectivity index (χ2n) is 4.60. The predicted octanol–water partition coefficient (Wildman–Crippen LogP) is 2.52. The number of nitrogens with two attached hydrogens (primary N) is 1. The van der Waals surface area contributed by atoms with Crippen LogP contribution in [0.4, 0.5) is 5.69 Å². The van der Waals surface area contributed by atoms with Crippen molar-refractivity contribution in [3.63, 3.8) is 0 Å². The summed E-state index contributed by atoms with van der Waals surface area (Å²) in [5.74, 6) is 0. The zero-order valence-corrected chi connectivity index (χ0v) is 11.5. The van der Waals surface area contributed by atoms with Crippen molar-refractivity contribution in [3.8, 4) is 0 Å². The molecule has 4 nitrogen and oxygen atoms in total. The van der Waals surface area contributed by atoms with Gasteiger partial charge in [0.2, 0.25) is 0 Å². The smallest absolute Gasteiger partial charge is 0.0569 e. The molecule has 100 valence electrons. The minimum Gasteiger partial charge on any atom is -0.366 e. The lowest BCUT2D eigenvalue weighted by Gasteiger charge is -2.23. The Hall–Kier alpha value is -1.94. The first-order valence-electron chi connectivity index (χ1n) is 6.56. The molecule has 0 aliphatic heterocycles. The van der Waals surface area contributed by atoms with Crippen LogP contribution in [0.5, 0.6) is 0 Å². The van der Waals surface area contributed by atoms with Gasteiger partial charge in [-0.1, -0.05) is 0 Å². The predicted molar refractivity (Wildman–Crippen MR) is 77.8 cm³/mol. The van der Waals surface area contributed by atoms with E-state index < -0.39 is 0 Å². The van der Waals surface area contributed by atoms with Gasteiger partial charge in [0.1, 0.15) is 0 Å². The van der Waals surface area contributed by atoms with E-state index in [0.717, 1.165) is 24.5 Å². The van der Waals surface area contributed by atoms with Crippen LogP contribution in [0.25, 0.3) is 0 Å². The van der Waals surface area contributed by atoms with Gasteiger partial charge < -0.3 is 10.6 Å². The Bertz CT molecular complexity index is 493. The molecule has 0 saturated heterocycles. The van der Waals surface area contributed by atoms with E-state index in [2.05, 4.69) is 27.9 Å². The maximum absolute atomic E-state index is 5.81. The molecule has 2 N–H and O–H groups in total. The van der Waals surface area contributed by atoms with Crippen molar-refractivity contribution in [2.75, 3.05) is 11.4 Å². The van der Waals surface area contributed by atoms with E-state index in [0.29, 0.717) is 0 Å². The molecule has 2 rings (SSSR count). The summed E-state index contributed by atoms with van der Waals surface area (Å²) in [5.41, 5.74) is 9.09. The molecule has 1 atom stereocenters. The molecule has 4 heteroatoms. The largest absolute Gasteiger partial charge is 0.366 e. The molecule has 0 spiro atoms. The van der Waals surface area contributed by atoms with Crippen molar-refractivity contribution < 1.29 is 0 Å². The first-order valence-corrected chi connectivity index (χ1v) is 6.56. The minimum absolute atomic E-state index is 0.0238. The van der Waals surface area contributed by atoms with Crippen LogP contribution >= 0.6 is 0 Å². The van der Waals surface area contributed by atoms with E-state index in [1.165, 1.54) is 5.56 Å². The second kappa shape index (κ2) is 6.29. The third kappa shape index (κ3) is 3.51. The van der Waals surface area contributed by atoms with Gasteiger partial charge in [-0.25, -0.2) is 0 Å². The Morgan fingerprint density at radius 3 is 2.47 bits per heavy atom. The Balaban J connectivity index is 2.13. The van der Waals surface area contributed by atoms with E-state index in [1.807, 2.05) is 43.7 Å². The SMILES string of the molecule is CCN(Cc1ccncc1)c1ccc([C@@H](C)N)nc1. The molecular weight excluding hydrogens is 236 g/mol.